The number of hydrogen-bond acceptors (Lipinski definition) is 6. The van der Waals surface area contributed by atoms with E-state index < -0.39 is 0 Å². The Hall–Kier alpha value is -1.89. The number of nitrogens with zero attached hydrogens (tertiary/aromatic N) is 5. The quantitative estimate of drug-likeness (QED) is 0.869. The van der Waals surface area contributed by atoms with Crippen molar-refractivity contribution in [3.05, 3.63) is 34.9 Å². The molecular formula is C15H19N5OS. The maximum absolute atomic E-state index is 12.8. The second-order valence-electron chi connectivity index (χ2n) is 5.87. The van der Waals surface area contributed by atoms with Crippen molar-refractivity contribution in [3.8, 4) is 0 Å². The van der Waals surface area contributed by atoms with Crippen molar-refractivity contribution in [3.63, 3.8) is 0 Å². The number of likely N-dealkylation sites (tertiary alicyclic amines) is 1. The molecule has 1 fully saturated rings. The van der Waals surface area contributed by atoms with E-state index in [1.165, 1.54) is 11.5 Å². The molecule has 0 bridgehead atoms. The molecule has 7 heteroatoms. The van der Waals surface area contributed by atoms with E-state index >= 15 is 0 Å². The first-order chi connectivity index (χ1) is 10.7. The van der Waals surface area contributed by atoms with Crippen molar-refractivity contribution in [1.82, 2.24) is 24.5 Å². The van der Waals surface area contributed by atoms with E-state index in [1.807, 2.05) is 24.8 Å². The number of carbonyl (C=O) groups excluding carboxylic acids is 1. The average Bonchev–Trinajstić information content (AvgIpc) is 3.05. The van der Waals surface area contributed by atoms with Crippen LogP contribution in [0.15, 0.2) is 18.6 Å². The summed E-state index contributed by atoms with van der Waals surface area (Å²) in [4.78, 5) is 23.7. The fraction of sp³-hybridized carbons (Fsp3) is 0.533. The van der Waals surface area contributed by atoms with E-state index in [4.69, 9.17) is 0 Å². The molecule has 1 saturated heterocycles. The fourth-order valence-corrected chi connectivity index (χ4v) is 3.60. The molecule has 3 rings (SSSR count). The first-order valence-electron chi connectivity index (χ1n) is 7.54. The molecule has 0 saturated carbocycles. The Morgan fingerprint density at radius 1 is 1.45 bits per heavy atom. The van der Waals surface area contributed by atoms with Crippen molar-refractivity contribution >= 4 is 17.4 Å². The summed E-state index contributed by atoms with van der Waals surface area (Å²) in [5.74, 6) is 0.543. The van der Waals surface area contributed by atoms with Crippen LogP contribution in [0, 0.1) is 0 Å². The lowest BCUT2D eigenvalue weighted by Gasteiger charge is -2.32. The summed E-state index contributed by atoms with van der Waals surface area (Å²) in [7, 11) is 0. The molecule has 1 atom stereocenters. The third kappa shape index (κ3) is 2.99. The Balaban J connectivity index is 1.77. The predicted molar refractivity (Wildman–Crippen MR) is 83.9 cm³/mol. The molecule has 0 radical (unpaired) electrons. The van der Waals surface area contributed by atoms with Gasteiger partial charge in [0, 0.05) is 30.9 Å². The van der Waals surface area contributed by atoms with E-state index in [1.54, 1.807) is 12.5 Å². The summed E-state index contributed by atoms with van der Waals surface area (Å²) in [6.45, 7) is 5.56. The summed E-state index contributed by atoms with van der Waals surface area (Å²) in [6.07, 6.45) is 5.37. The molecule has 0 aliphatic carbocycles. The van der Waals surface area contributed by atoms with E-state index in [9.17, 15) is 4.79 Å². The van der Waals surface area contributed by atoms with E-state index in [0.717, 1.165) is 30.8 Å². The summed E-state index contributed by atoms with van der Waals surface area (Å²) >= 11 is 1.20. The van der Waals surface area contributed by atoms with Gasteiger partial charge >= 0.3 is 0 Å². The van der Waals surface area contributed by atoms with Gasteiger partial charge in [-0.1, -0.05) is 18.3 Å². The highest BCUT2D eigenvalue weighted by Crippen LogP contribution is 2.28. The van der Waals surface area contributed by atoms with Crippen molar-refractivity contribution in [1.29, 1.82) is 0 Å². The zero-order chi connectivity index (χ0) is 15.5. The van der Waals surface area contributed by atoms with Gasteiger partial charge in [-0.25, -0.2) is 9.97 Å². The highest BCUT2D eigenvalue weighted by molar-refractivity contribution is 7.08. The van der Waals surface area contributed by atoms with E-state index in [0.29, 0.717) is 11.4 Å². The topological polar surface area (TPSA) is 71.9 Å². The number of piperidine rings is 1. The van der Waals surface area contributed by atoms with Crippen LogP contribution in [0.4, 0.5) is 0 Å². The molecule has 2 aromatic rings. The second-order valence-corrected chi connectivity index (χ2v) is 6.62. The van der Waals surface area contributed by atoms with Crippen molar-refractivity contribution in [2.75, 3.05) is 13.1 Å². The van der Waals surface area contributed by atoms with Crippen LogP contribution < -0.4 is 0 Å². The van der Waals surface area contributed by atoms with Crippen LogP contribution in [-0.2, 0) is 0 Å². The minimum atomic E-state index is 0.0532. The average molecular weight is 317 g/mol. The fourth-order valence-electron chi connectivity index (χ4n) is 2.81. The molecule has 1 aliphatic heterocycles. The predicted octanol–water partition coefficient (Wildman–Crippen LogP) is 2.47. The zero-order valence-corrected chi connectivity index (χ0v) is 13.6. The van der Waals surface area contributed by atoms with Crippen LogP contribution in [-0.4, -0.2) is 43.5 Å². The van der Waals surface area contributed by atoms with Gasteiger partial charge < -0.3 is 4.90 Å². The lowest BCUT2D eigenvalue weighted by atomic mass is 9.94. The van der Waals surface area contributed by atoms with Crippen LogP contribution in [0.25, 0.3) is 0 Å². The third-order valence-corrected chi connectivity index (χ3v) is 4.72. The summed E-state index contributed by atoms with van der Waals surface area (Å²) in [6, 6.07) is 1.94. The Bertz CT molecular complexity index is 642. The summed E-state index contributed by atoms with van der Waals surface area (Å²) in [5.41, 5.74) is 1.82. The van der Waals surface area contributed by atoms with Gasteiger partial charge in [-0.2, -0.15) is 0 Å². The first kappa shape index (κ1) is 15.0. The standard InChI is InChI=1S/C15H19N5OS/c1-10(2)13-14(22-19-18-13)15(21)20-7-3-4-11(8-20)12-5-6-16-9-17-12/h5-6,9-11H,3-4,7-8H2,1-2H3. The van der Waals surface area contributed by atoms with Crippen LogP contribution in [0.1, 0.15) is 59.6 Å². The lowest BCUT2D eigenvalue weighted by Crippen LogP contribution is -2.39. The smallest absolute Gasteiger partial charge is 0.267 e. The molecule has 0 N–H and O–H groups in total. The normalized spacial score (nSPS) is 18.7. The molecule has 116 valence electrons. The third-order valence-electron chi connectivity index (χ3n) is 3.99. The summed E-state index contributed by atoms with van der Waals surface area (Å²) < 4.78 is 3.96. The maximum Gasteiger partial charge on any atom is 0.267 e. The number of rotatable bonds is 3. The van der Waals surface area contributed by atoms with Gasteiger partial charge in [0.15, 0.2) is 0 Å². The molecule has 1 amide bonds. The van der Waals surface area contributed by atoms with Crippen LogP contribution in [0.5, 0.6) is 0 Å². The number of hydrogen-bond donors (Lipinski definition) is 0. The minimum absolute atomic E-state index is 0.0532. The number of amides is 1. The van der Waals surface area contributed by atoms with Crippen LogP contribution in [0.2, 0.25) is 0 Å². The minimum Gasteiger partial charge on any atom is -0.337 e. The van der Waals surface area contributed by atoms with Gasteiger partial charge in [0.2, 0.25) is 0 Å². The number of aromatic nitrogens is 4. The van der Waals surface area contributed by atoms with Gasteiger partial charge in [-0.3, -0.25) is 4.79 Å². The molecule has 3 heterocycles. The molecule has 2 aromatic heterocycles. The number of carbonyl (C=O) groups is 1. The molecule has 22 heavy (non-hydrogen) atoms. The van der Waals surface area contributed by atoms with Crippen LogP contribution >= 0.6 is 11.5 Å². The first-order valence-corrected chi connectivity index (χ1v) is 8.31. The van der Waals surface area contributed by atoms with Crippen molar-refractivity contribution in [2.45, 2.75) is 38.5 Å². The Kier molecular flexibility index (Phi) is 4.42. The van der Waals surface area contributed by atoms with Gasteiger partial charge in [0.05, 0.1) is 5.69 Å². The Morgan fingerprint density at radius 3 is 3.05 bits per heavy atom. The molecule has 1 unspecified atom stereocenters. The SMILES string of the molecule is CC(C)c1nnsc1C(=O)N1CCCC(c2ccncn2)C1. The monoisotopic (exact) mass is 317 g/mol. The Labute approximate surface area is 133 Å². The van der Waals surface area contributed by atoms with Gasteiger partial charge in [-0.05, 0) is 36.4 Å². The maximum atomic E-state index is 12.8. The molecular weight excluding hydrogens is 298 g/mol. The molecule has 0 spiro atoms. The van der Waals surface area contributed by atoms with Gasteiger partial charge in [0.1, 0.15) is 11.2 Å². The molecule has 6 nitrogen and oxygen atoms in total. The van der Waals surface area contributed by atoms with Crippen molar-refractivity contribution < 1.29 is 4.79 Å². The summed E-state index contributed by atoms with van der Waals surface area (Å²) in [5, 5.41) is 4.11. The zero-order valence-electron chi connectivity index (χ0n) is 12.8. The van der Waals surface area contributed by atoms with Gasteiger partial charge in [0.25, 0.3) is 5.91 Å². The molecule has 1 aliphatic rings. The van der Waals surface area contributed by atoms with E-state index in [-0.39, 0.29) is 17.7 Å². The highest BCUT2D eigenvalue weighted by atomic mass is 32.1. The largest absolute Gasteiger partial charge is 0.337 e. The van der Waals surface area contributed by atoms with Gasteiger partial charge in [-0.15, -0.1) is 5.10 Å². The van der Waals surface area contributed by atoms with E-state index in [2.05, 4.69) is 19.6 Å². The van der Waals surface area contributed by atoms with Crippen molar-refractivity contribution in [2.24, 2.45) is 0 Å². The highest BCUT2D eigenvalue weighted by Gasteiger charge is 2.29. The lowest BCUT2D eigenvalue weighted by molar-refractivity contribution is 0.0709. The second kappa shape index (κ2) is 6.48. The van der Waals surface area contributed by atoms with Crippen LogP contribution in [0.3, 0.4) is 0 Å². The Morgan fingerprint density at radius 2 is 2.32 bits per heavy atom. The molecule has 0 aromatic carbocycles.